The fourth-order valence-electron chi connectivity index (χ4n) is 3.41. The maximum Gasteiger partial charge on any atom is 0.154 e. The van der Waals surface area contributed by atoms with Gasteiger partial charge in [-0.05, 0) is 54.9 Å². The highest BCUT2D eigenvalue weighted by Crippen LogP contribution is 2.25. The summed E-state index contributed by atoms with van der Waals surface area (Å²) in [5, 5.41) is 4.47. The van der Waals surface area contributed by atoms with Crippen LogP contribution in [0, 0.1) is 5.82 Å². The Morgan fingerprint density at radius 2 is 1.87 bits per heavy atom. The molecule has 1 saturated heterocycles. The lowest BCUT2D eigenvalue weighted by Gasteiger charge is -2.26. The first-order chi connectivity index (χ1) is 14.7. The Balaban J connectivity index is 1.49. The van der Waals surface area contributed by atoms with Gasteiger partial charge >= 0.3 is 0 Å². The van der Waals surface area contributed by atoms with Crippen molar-refractivity contribution in [3.8, 4) is 0 Å². The molecule has 2 aromatic carbocycles. The van der Waals surface area contributed by atoms with Crippen LogP contribution >= 0.6 is 15.9 Å². The van der Waals surface area contributed by atoms with Crippen LogP contribution in [0.25, 0.3) is 23.1 Å². The Morgan fingerprint density at radius 3 is 2.67 bits per heavy atom. The molecule has 3 aromatic rings. The zero-order chi connectivity index (χ0) is 20.8. The molecular formula is C23H24BrFN4O. The van der Waals surface area contributed by atoms with Gasteiger partial charge in [0.2, 0.25) is 0 Å². The van der Waals surface area contributed by atoms with Gasteiger partial charge in [0.05, 0.1) is 18.7 Å². The Morgan fingerprint density at radius 1 is 1.07 bits per heavy atom. The maximum atomic E-state index is 13.1. The molecule has 2 heterocycles. The molecular weight excluding hydrogens is 447 g/mol. The van der Waals surface area contributed by atoms with Crippen molar-refractivity contribution in [3.05, 3.63) is 64.1 Å². The molecule has 1 fully saturated rings. The summed E-state index contributed by atoms with van der Waals surface area (Å²) in [6.07, 6.45) is 4.77. The summed E-state index contributed by atoms with van der Waals surface area (Å²) < 4.78 is 19.5. The molecule has 0 radical (unpaired) electrons. The third kappa shape index (κ3) is 5.62. The van der Waals surface area contributed by atoms with Gasteiger partial charge in [-0.25, -0.2) is 14.4 Å². The van der Waals surface area contributed by atoms with Crippen molar-refractivity contribution in [2.24, 2.45) is 0 Å². The Labute approximate surface area is 184 Å². The molecule has 1 aliphatic heterocycles. The number of hydrogen-bond donors (Lipinski definition) is 1. The highest BCUT2D eigenvalue weighted by Gasteiger charge is 2.10. The van der Waals surface area contributed by atoms with Gasteiger partial charge in [-0.15, -0.1) is 0 Å². The first-order valence-electron chi connectivity index (χ1n) is 10.1. The van der Waals surface area contributed by atoms with Gasteiger partial charge in [0.15, 0.2) is 5.82 Å². The second-order valence-electron chi connectivity index (χ2n) is 7.21. The number of fused-ring (bicyclic) bond motifs is 1. The average molecular weight is 471 g/mol. The fraction of sp³-hybridized carbons (Fsp3) is 0.304. The van der Waals surface area contributed by atoms with Crippen molar-refractivity contribution in [2.75, 3.05) is 44.7 Å². The smallest absolute Gasteiger partial charge is 0.154 e. The molecule has 4 rings (SSSR count). The predicted molar refractivity (Wildman–Crippen MR) is 123 cm³/mol. The molecule has 0 bridgehead atoms. The summed E-state index contributed by atoms with van der Waals surface area (Å²) in [6, 6.07) is 12.3. The number of anilines is 1. The molecule has 1 N–H and O–H groups in total. The van der Waals surface area contributed by atoms with E-state index in [-0.39, 0.29) is 5.82 Å². The Hall–Kier alpha value is -2.35. The number of benzene rings is 2. The summed E-state index contributed by atoms with van der Waals surface area (Å²) >= 11 is 3.54. The van der Waals surface area contributed by atoms with Gasteiger partial charge in [0.25, 0.3) is 0 Å². The summed E-state index contributed by atoms with van der Waals surface area (Å²) in [5.74, 6) is 1.19. The van der Waals surface area contributed by atoms with E-state index in [0.717, 1.165) is 72.6 Å². The van der Waals surface area contributed by atoms with Crippen molar-refractivity contribution in [3.63, 3.8) is 0 Å². The molecule has 5 nitrogen and oxygen atoms in total. The van der Waals surface area contributed by atoms with E-state index in [9.17, 15) is 4.39 Å². The van der Waals surface area contributed by atoms with Crippen LogP contribution in [0.5, 0.6) is 0 Å². The molecule has 0 amide bonds. The van der Waals surface area contributed by atoms with Gasteiger partial charge in [-0.3, -0.25) is 4.90 Å². The van der Waals surface area contributed by atoms with E-state index in [0.29, 0.717) is 5.82 Å². The summed E-state index contributed by atoms with van der Waals surface area (Å²) in [7, 11) is 0. The average Bonchev–Trinajstić information content (AvgIpc) is 2.77. The minimum atomic E-state index is -0.247. The number of aromatic nitrogens is 2. The summed E-state index contributed by atoms with van der Waals surface area (Å²) in [5.41, 5.74) is 1.78. The predicted octanol–water partition coefficient (Wildman–Crippen LogP) is 4.84. The van der Waals surface area contributed by atoms with Crippen molar-refractivity contribution in [2.45, 2.75) is 6.42 Å². The van der Waals surface area contributed by atoms with Gasteiger partial charge in [-0.2, -0.15) is 0 Å². The third-order valence-electron chi connectivity index (χ3n) is 5.02. The highest BCUT2D eigenvalue weighted by atomic mass is 79.9. The molecule has 0 saturated carbocycles. The number of halogens is 2. The van der Waals surface area contributed by atoms with E-state index in [1.807, 2.05) is 30.4 Å². The zero-order valence-corrected chi connectivity index (χ0v) is 18.2. The van der Waals surface area contributed by atoms with Gasteiger partial charge in [0.1, 0.15) is 11.6 Å². The second kappa shape index (κ2) is 10.1. The van der Waals surface area contributed by atoms with E-state index < -0.39 is 0 Å². The first kappa shape index (κ1) is 20.9. The molecule has 7 heteroatoms. The van der Waals surface area contributed by atoms with Crippen molar-refractivity contribution in [1.29, 1.82) is 0 Å². The van der Waals surface area contributed by atoms with Gasteiger partial charge in [0, 0.05) is 29.5 Å². The minimum Gasteiger partial charge on any atom is -0.379 e. The highest BCUT2D eigenvalue weighted by molar-refractivity contribution is 9.10. The monoisotopic (exact) mass is 470 g/mol. The van der Waals surface area contributed by atoms with Crippen molar-refractivity contribution in [1.82, 2.24) is 14.9 Å². The zero-order valence-electron chi connectivity index (χ0n) is 16.7. The van der Waals surface area contributed by atoms with E-state index >= 15 is 0 Å². The fourth-order valence-corrected chi connectivity index (χ4v) is 3.77. The van der Waals surface area contributed by atoms with E-state index in [2.05, 4.69) is 31.1 Å². The lowest BCUT2D eigenvalue weighted by atomic mass is 10.2. The number of nitrogens with zero attached hydrogens (tertiary/aromatic N) is 3. The molecule has 156 valence electrons. The quantitative estimate of drug-likeness (QED) is 0.500. The van der Waals surface area contributed by atoms with Crippen LogP contribution in [0.3, 0.4) is 0 Å². The third-order valence-corrected chi connectivity index (χ3v) is 5.51. The van der Waals surface area contributed by atoms with Crippen LogP contribution in [0.15, 0.2) is 46.9 Å². The Bertz CT molecular complexity index is 1020. The summed E-state index contributed by atoms with van der Waals surface area (Å²) in [6.45, 7) is 5.52. The number of ether oxygens (including phenoxy) is 1. The Kier molecular flexibility index (Phi) is 7.04. The van der Waals surface area contributed by atoms with E-state index in [1.54, 1.807) is 12.1 Å². The largest absolute Gasteiger partial charge is 0.379 e. The lowest BCUT2D eigenvalue weighted by Crippen LogP contribution is -2.37. The molecule has 0 spiro atoms. The number of hydrogen-bond acceptors (Lipinski definition) is 5. The van der Waals surface area contributed by atoms with E-state index in [4.69, 9.17) is 9.72 Å². The minimum absolute atomic E-state index is 0.247. The van der Waals surface area contributed by atoms with Crippen LogP contribution in [-0.4, -0.2) is 54.3 Å². The topological polar surface area (TPSA) is 50.3 Å². The van der Waals surface area contributed by atoms with Gasteiger partial charge < -0.3 is 10.1 Å². The molecule has 0 unspecified atom stereocenters. The van der Waals surface area contributed by atoms with Crippen LogP contribution in [0.4, 0.5) is 10.2 Å². The van der Waals surface area contributed by atoms with Crippen molar-refractivity contribution >= 4 is 44.8 Å². The second-order valence-corrected chi connectivity index (χ2v) is 8.13. The van der Waals surface area contributed by atoms with Crippen LogP contribution < -0.4 is 5.32 Å². The number of morpholine rings is 1. The van der Waals surface area contributed by atoms with Crippen LogP contribution in [-0.2, 0) is 4.74 Å². The lowest BCUT2D eigenvalue weighted by molar-refractivity contribution is 0.0378. The molecule has 0 atom stereocenters. The molecule has 1 aromatic heterocycles. The summed E-state index contributed by atoms with van der Waals surface area (Å²) in [4.78, 5) is 11.8. The van der Waals surface area contributed by atoms with Crippen LogP contribution in [0.2, 0.25) is 0 Å². The van der Waals surface area contributed by atoms with Gasteiger partial charge in [-0.1, -0.05) is 34.1 Å². The molecule has 30 heavy (non-hydrogen) atoms. The molecule has 1 aliphatic rings. The van der Waals surface area contributed by atoms with E-state index in [1.165, 1.54) is 12.1 Å². The van der Waals surface area contributed by atoms with Crippen LogP contribution in [0.1, 0.15) is 17.8 Å². The normalized spacial score (nSPS) is 15.1. The first-order valence-corrected chi connectivity index (χ1v) is 10.9. The molecule has 0 aliphatic carbocycles. The van der Waals surface area contributed by atoms with Crippen molar-refractivity contribution < 1.29 is 9.13 Å². The maximum absolute atomic E-state index is 13.1. The number of nitrogens with one attached hydrogen (secondary N) is 1. The number of rotatable bonds is 7. The standard InChI is InChI=1S/C23H24BrFN4O/c24-18-5-8-21-20(16-18)23(26-10-1-11-29-12-14-30-15-13-29)28-22(27-21)9-4-17-2-6-19(25)7-3-17/h2-9,16H,1,10-15H2,(H,26,27,28)/b9-4+. The SMILES string of the molecule is Fc1ccc(/C=C/c2nc(NCCCN3CCOCC3)c3cc(Br)ccc3n2)cc1.